The summed E-state index contributed by atoms with van der Waals surface area (Å²) in [6.07, 6.45) is 1.82. The van der Waals surface area contributed by atoms with Crippen LogP contribution in [0.25, 0.3) is 0 Å². The van der Waals surface area contributed by atoms with E-state index in [4.69, 9.17) is 19.7 Å². The predicted molar refractivity (Wildman–Crippen MR) is 137 cm³/mol. The molecule has 10 nitrogen and oxygen atoms in total. The number of carbonyl (C=O) groups excluding carboxylic acids is 3. The largest absolute Gasteiger partial charge is 0.481 e. The van der Waals surface area contributed by atoms with Gasteiger partial charge in [0.2, 0.25) is 5.91 Å². The third-order valence-electron chi connectivity index (χ3n) is 5.51. The third-order valence-corrected chi connectivity index (χ3v) is 5.51. The zero-order chi connectivity index (χ0) is 29.1. The first-order chi connectivity index (χ1) is 16.4. The number of carboxylic acid groups (broad SMARTS) is 2. The van der Waals surface area contributed by atoms with Gasteiger partial charge in [-0.2, -0.15) is 0 Å². The van der Waals surface area contributed by atoms with Crippen molar-refractivity contribution in [3.05, 3.63) is 0 Å². The topological polar surface area (TPSA) is 156 Å². The van der Waals surface area contributed by atoms with Crippen molar-refractivity contribution in [3.8, 4) is 0 Å². The first-order valence-corrected chi connectivity index (χ1v) is 12.5. The zero-order valence-corrected chi connectivity index (χ0v) is 23.9. The average molecular weight is 520 g/mol. The Morgan fingerprint density at radius 1 is 0.778 bits per heavy atom. The maximum Gasteiger partial charge on any atom is 0.311 e. The van der Waals surface area contributed by atoms with Crippen LogP contribution in [0.15, 0.2) is 0 Å². The van der Waals surface area contributed by atoms with Crippen molar-refractivity contribution >= 4 is 29.8 Å². The van der Waals surface area contributed by atoms with Gasteiger partial charge < -0.3 is 25.0 Å². The molecule has 0 saturated carbocycles. The second-order valence-electron chi connectivity index (χ2n) is 10.0. The summed E-state index contributed by atoms with van der Waals surface area (Å²) in [5.41, 5.74) is -1.09. The lowest BCUT2D eigenvalue weighted by Crippen LogP contribution is -2.34. The van der Waals surface area contributed by atoms with Crippen LogP contribution in [0.1, 0.15) is 101 Å². The molecule has 3 N–H and O–H groups in total. The molecule has 0 aliphatic carbocycles. The Kier molecular flexibility index (Phi) is 20.6. The molecule has 0 aromatic carbocycles. The van der Waals surface area contributed by atoms with Crippen LogP contribution in [0.2, 0.25) is 0 Å². The van der Waals surface area contributed by atoms with Crippen LogP contribution in [0.3, 0.4) is 0 Å². The first kappa shape index (κ1) is 37.9. The Morgan fingerprint density at radius 3 is 1.58 bits per heavy atom. The van der Waals surface area contributed by atoms with E-state index in [2.05, 4.69) is 5.32 Å². The number of carbonyl (C=O) groups is 5. The number of carboxylic acids is 2. The number of rotatable bonds is 13. The molecule has 0 heterocycles. The maximum atomic E-state index is 11.5. The van der Waals surface area contributed by atoms with E-state index in [-0.39, 0.29) is 49.9 Å². The van der Waals surface area contributed by atoms with E-state index < -0.39 is 28.7 Å². The molecule has 0 aliphatic rings. The number of hydrogen-bond donors (Lipinski definition) is 3. The number of hydrogen-bond acceptors (Lipinski definition) is 7. The summed E-state index contributed by atoms with van der Waals surface area (Å²) in [4.78, 5) is 54.0. The lowest BCUT2D eigenvalue weighted by atomic mass is 9.91. The van der Waals surface area contributed by atoms with Crippen LogP contribution >= 0.6 is 0 Å². The summed E-state index contributed by atoms with van der Waals surface area (Å²) in [6, 6.07) is 0.265. The molecule has 0 rings (SSSR count). The van der Waals surface area contributed by atoms with Gasteiger partial charge in [0.25, 0.3) is 0 Å². The molecule has 0 radical (unpaired) electrons. The van der Waals surface area contributed by atoms with Crippen LogP contribution in [-0.4, -0.2) is 59.3 Å². The van der Waals surface area contributed by atoms with Gasteiger partial charge in [-0.05, 0) is 60.8 Å². The molecule has 0 fully saturated rings. The molecular weight excluding hydrogens is 470 g/mol. The molecule has 10 heteroatoms. The molecule has 0 spiro atoms. The Bertz CT molecular complexity index is 685. The van der Waals surface area contributed by atoms with E-state index in [0.29, 0.717) is 12.8 Å². The molecule has 1 unspecified atom stereocenters. The Hall–Kier alpha value is -2.65. The lowest BCUT2D eigenvalue weighted by Gasteiger charge is -2.20. The summed E-state index contributed by atoms with van der Waals surface area (Å²) in [7, 11) is 0. The number of ether oxygens (including phenoxy) is 2. The molecule has 1 amide bonds. The zero-order valence-electron chi connectivity index (χ0n) is 23.9. The highest BCUT2D eigenvalue weighted by atomic mass is 16.6. The fourth-order valence-electron chi connectivity index (χ4n) is 1.67. The summed E-state index contributed by atoms with van der Waals surface area (Å²) in [6.45, 7) is 18.6. The third kappa shape index (κ3) is 20.7. The van der Waals surface area contributed by atoms with Crippen LogP contribution in [0, 0.1) is 16.7 Å². The minimum atomic E-state index is -1.05. The van der Waals surface area contributed by atoms with Crippen LogP contribution in [-0.2, 0) is 33.4 Å². The molecule has 36 heavy (non-hydrogen) atoms. The fraction of sp³-hybridized carbons (Fsp3) is 0.808. The number of amides is 1. The molecule has 1 atom stereocenters. The number of aliphatic carboxylic acids is 2. The molecule has 0 bridgehead atoms. The first-order valence-electron chi connectivity index (χ1n) is 12.5. The molecular formula is C26H49NO9. The van der Waals surface area contributed by atoms with Crippen molar-refractivity contribution in [2.75, 3.05) is 13.2 Å². The fourth-order valence-corrected chi connectivity index (χ4v) is 1.67. The second kappa shape index (κ2) is 19.5. The molecule has 0 aromatic rings. The van der Waals surface area contributed by atoms with Gasteiger partial charge in [0.1, 0.15) is 13.2 Å². The van der Waals surface area contributed by atoms with E-state index in [1.165, 1.54) is 0 Å². The molecule has 212 valence electrons. The Balaban J connectivity index is -0.000000508. The predicted octanol–water partition coefficient (Wildman–Crippen LogP) is 4.44. The summed E-state index contributed by atoms with van der Waals surface area (Å²) >= 11 is 0. The van der Waals surface area contributed by atoms with Crippen molar-refractivity contribution in [3.63, 3.8) is 0 Å². The van der Waals surface area contributed by atoms with Gasteiger partial charge in [-0.3, -0.25) is 24.0 Å². The number of nitrogens with one attached hydrogen (secondary N) is 1. The highest BCUT2D eigenvalue weighted by Crippen LogP contribution is 2.21. The Morgan fingerprint density at radius 2 is 1.25 bits per heavy atom. The summed E-state index contributed by atoms with van der Waals surface area (Å²) in [5, 5.41) is 19.6. The Labute approximate surface area is 216 Å². The van der Waals surface area contributed by atoms with E-state index in [1.54, 1.807) is 27.7 Å². The summed E-state index contributed by atoms with van der Waals surface area (Å²) in [5.74, 6) is -2.40. The van der Waals surface area contributed by atoms with Crippen LogP contribution in [0.4, 0.5) is 0 Å². The van der Waals surface area contributed by atoms with Crippen molar-refractivity contribution in [1.29, 1.82) is 0 Å². The van der Waals surface area contributed by atoms with E-state index in [1.807, 2.05) is 41.5 Å². The van der Waals surface area contributed by atoms with Gasteiger partial charge in [-0.25, -0.2) is 0 Å². The van der Waals surface area contributed by atoms with Crippen molar-refractivity contribution in [2.45, 2.75) is 107 Å². The minimum Gasteiger partial charge on any atom is -0.481 e. The van der Waals surface area contributed by atoms with Gasteiger partial charge in [-0.15, -0.1) is 0 Å². The van der Waals surface area contributed by atoms with Gasteiger partial charge in [-0.1, -0.05) is 27.7 Å². The lowest BCUT2D eigenvalue weighted by molar-refractivity contribution is -0.159. The number of esters is 2. The molecule has 0 saturated heterocycles. The standard InChI is InChI=1S/C12H20O6.C8H17NO.C6H12O2/c1-4-12(2,3)11(16)18-8-7-17-10(15)6-5-9(13)14;1-5-7(4)8(10)9-6(2)3;1-4-6(2,3)5(7)8/h4-8H2,1-3H3,(H,13,14);6-7H,5H2,1-4H3,(H,9,10);4H2,1-3H3,(H,7,8). The molecule has 0 aliphatic heterocycles. The monoisotopic (exact) mass is 519 g/mol. The SMILES string of the molecule is CCC(C)(C)C(=O)O.CCC(C)(C)C(=O)OCCOC(=O)CCC(=O)O.CCC(C)C(=O)NC(C)C. The smallest absolute Gasteiger partial charge is 0.311 e. The second-order valence-corrected chi connectivity index (χ2v) is 10.0. The summed E-state index contributed by atoms with van der Waals surface area (Å²) < 4.78 is 9.65. The van der Waals surface area contributed by atoms with Crippen LogP contribution < -0.4 is 5.32 Å². The minimum absolute atomic E-state index is 0.0128. The van der Waals surface area contributed by atoms with Gasteiger partial charge in [0.15, 0.2) is 0 Å². The van der Waals surface area contributed by atoms with E-state index in [0.717, 1.165) is 6.42 Å². The van der Waals surface area contributed by atoms with Crippen LogP contribution in [0.5, 0.6) is 0 Å². The maximum absolute atomic E-state index is 11.5. The van der Waals surface area contributed by atoms with Gasteiger partial charge in [0, 0.05) is 12.0 Å². The van der Waals surface area contributed by atoms with Gasteiger partial charge in [0.05, 0.1) is 23.7 Å². The van der Waals surface area contributed by atoms with E-state index >= 15 is 0 Å². The quantitative estimate of drug-likeness (QED) is 0.236. The van der Waals surface area contributed by atoms with Crippen molar-refractivity contribution in [2.24, 2.45) is 16.7 Å². The van der Waals surface area contributed by atoms with Crippen molar-refractivity contribution in [1.82, 2.24) is 5.32 Å². The van der Waals surface area contributed by atoms with E-state index in [9.17, 15) is 24.0 Å². The van der Waals surface area contributed by atoms with Crippen molar-refractivity contribution < 1.29 is 43.7 Å². The van der Waals surface area contributed by atoms with Gasteiger partial charge >= 0.3 is 23.9 Å². The average Bonchev–Trinajstić information content (AvgIpc) is 2.79. The molecule has 0 aromatic heterocycles. The highest BCUT2D eigenvalue weighted by Gasteiger charge is 2.27. The normalized spacial score (nSPS) is 11.6. The highest BCUT2D eigenvalue weighted by molar-refractivity contribution is 5.78.